The van der Waals surface area contributed by atoms with E-state index in [0.717, 1.165) is 10.0 Å². The van der Waals surface area contributed by atoms with Gasteiger partial charge in [-0.25, -0.2) is 4.79 Å². The zero-order chi connectivity index (χ0) is 15.3. The number of nitrogens with two attached hydrogens (primary N) is 1. The van der Waals surface area contributed by atoms with Gasteiger partial charge in [0.05, 0.1) is 12.7 Å². The number of halogens is 1. The SMILES string of the molecule is COC(=O)c1ccc(CNC(C)(C)CC(N)=O)c(Br)c1. The maximum absolute atomic E-state index is 11.4. The molecule has 3 N–H and O–H groups in total. The Balaban J connectivity index is 2.74. The third-order valence-electron chi connectivity index (χ3n) is 2.85. The second-order valence-electron chi connectivity index (χ2n) is 5.18. The van der Waals surface area contributed by atoms with Crippen LogP contribution in [0.15, 0.2) is 22.7 Å². The predicted octanol–water partition coefficient (Wildman–Crippen LogP) is 1.98. The lowest BCUT2D eigenvalue weighted by molar-refractivity contribution is -0.119. The van der Waals surface area contributed by atoms with Gasteiger partial charge in [0.25, 0.3) is 0 Å². The van der Waals surface area contributed by atoms with E-state index in [4.69, 9.17) is 5.73 Å². The van der Waals surface area contributed by atoms with Crippen LogP contribution in [0.25, 0.3) is 0 Å². The van der Waals surface area contributed by atoms with E-state index < -0.39 is 0 Å². The van der Waals surface area contributed by atoms with Gasteiger partial charge in [-0.2, -0.15) is 0 Å². The summed E-state index contributed by atoms with van der Waals surface area (Å²) in [5, 5.41) is 3.26. The molecule has 0 unspecified atom stereocenters. The molecule has 20 heavy (non-hydrogen) atoms. The number of carbonyl (C=O) groups excluding carboxylic acids is 2. The molecule has 0 heterocycles. The van der Waals surface area contributed by atoms with Crippen LogP contribution in [0.1, 0.15) is 36.2 Å². The van der Waals surface area contributed by atoms with E-state index in [-0.39, 0.29) is 23.8 Å². The van der Waals surface area contributed by atoms with Crippen molar-refractivity contribution in [3.05, 3.63) is 33.8 Å². The first-order valence-corrected chi connectivity index (χ1v) is 6.94. The van der Waals surface area contributed by atoms with Crippen molar-refractivity contribution in [1.29, 1.82) is 0 Å². The number of nitrogens with one attached hydrogen (secondary N) is 1. The number of benzene rings is 1. The summed E-state index contributed by atoms with van der Waals surface area (Å²) in [6.07, 6.45) is 0.255. The number of ether oxygens (including phenoxy) is 1. The van der Waals surface area contributed by atoms with Crippen LogP contribution >= 0.6 is 15.9 Å². The molecule has 0 bridgehead atoms. The van der Waals surface area contributed by atoms with Crippen LogP contribution in [-0.2, 0) is 16.1 Å². The summed E-state index contributed by atoms with van der Waals surface area (Å²) in [4.78, 5) is 22.4. The van der Waals surface area contributed by atoms with Gasteiger partial charge in [-0.05, 0) is 31.5 Å². The molecule has 1 aromatic carbocycles. The Morgan fingerprint density at radius 2 is 2.05 bits per heavy atom. The molecule has 0 radical (unpaired) electrons. The molecule has 0 spiro atoms. The fourth-order valence-corrected chi connectivity index (χ4v) is 2.29. The second kappa shape index (κ2) is 6.85. The van der Waals surface area contributed by atoms with Gasteiger partial charge in [0, 0.05) is 23.0 Å². The normalized spacial score (nSPS) is 11.2. The van der Waals surface area contributed by atoms with E-state index in [0.29, 0.717) is 12.1 Å². The quantitative estimate of drug-likeness (QED) is 0.774. The molecule has 0 aliphatic rings. The Morgan fingerprint density at radius 1 is 1.40 bits per heavy atom. The van der Waals surface area contributed by atoms with Crippen molar-refractivity contribution in [2.75, 3.05) is 7.11 Å². The summed E-state index contributed by atoms with van der Waals surface area (Å²) < 4.78 is 5.47. The van der Waals surface area contributed by atoms with Crippen LogP contribution in [0.3, 0.4) is 0 Å². The fourth-order valence-electron chi connectivity index (χ4n) is 1.77. The molecular weight excluding hydrogens is 324 g/mol. The van der Waals surface area contributed by atoms with E-state index in [1.807, 2.05) is 19.9 Å². The zero-order valence-corrected chi connectivity index (χ0v) is 13.4. The number of rotatable bonds is 6. The number of esters is 1. The molecule has 0 saturated heterocycles. The van der Waals surface area contributed by atoms with E-state index in [9.17, 15) is 9.59 Å². The minimum absolute atomic E-state index is 0.255. The predicted molar refractivity (Wildman–Crippen MR) is 80.2 cm³/mol. The van der Waals surface area contributed by atoms with Crippen LogP contribution in [0.2, 0.25) is 0 Å². The molecule has 0 atom stereocenters. The summed E-state index contributed by atoms with van der Waals surface area (Å²) in [6.45, 7) is 4.38. The smallest absolute Gasteiger partial charge is 0.337 e. The summed E-state index contributed by atoms with van der Waals surface area (Å²) in [5.41, 5.74) is 6.29. The molecule has 0 aliphatic heterocycles. The molecule has 0 aromatic heterocycles. The van der Waals surface area contributed by atoms with Crippen molar-refractivity contribution in [2.24, 2.45) is 5.73 Å². The van der Waals surface area contributed by atoms with Gasteiger partial charge >= 0.3 is 5.97 Å². The molecule has 6 heteroatoms. The summed E-state index contributed by atoms with van der Waals surface area (Å²) in [7, 11) is 1.35. The maximum Gasteiger partial charge on any atom is 0.337 e. The Labute approximate surface area is 127 Å². The molecule has 0 saturated carbocycles. The largest absolute Gasteiger partial charge is 0.465 e. The molecule has 1 aromatic rings. The van der Waals surface area contributed by atoms with Crippen LogP contribution in [-0.4, -0.2) is 24.5 Å². The van der Waals surface area contributed by atoms with E-state index in [2.05, 4.69) is 26.0 Å². The van der Waals surface area contributed by atoms with Gasteiger partial charge in [-0.3, -0.25) is 4.79 Å². The topological polar surface area (TPSA) is 81.4 Å². The van der Waals surface area contributed by atoms with Gasteiger partial charge in [0.2, 0.25) is 5.91 Å². The highest BCUT2D eigenvalue weighted by Crippen LogP contribution is 2.20. The van der Waals surface area contributed by atoms with Crippen LogP contribution in [0, 0.1) is 0 Å². The number of hydrogen-bond donors (Lipinski definition) is 2. The van der Waals surface area contributed by atoms with Crippen LogP contribution < -0.4 is 11.1 Å². The Bertz CT molecular complexity index is 515. The first-order valence-electron chi connectivity index (χ1n) is 6.15. The first-order chi connectivity index (χ1) is 9.25. The monoisotopic (exact) mass is 342 g/mol. The van der Waals surface area contributed by atoms with Gasteiger partial charge < -0.3 is 15.8 Å². The zero-order valence-electron chi connectivity index (χ0n) is 11.8. The van der Waals surface area contributed by atoms with Gasteiger partial charge in [0.15, 0.2) is 0 Å². The molecule has 1 amide bonds. The molecule has 1 rings (SSSR count). The highest BCUT2D eigenvalue weighted by molar-refractivity contribution is 9.10. The van der Waals surface area contributed by atoms with E-state index in [1.54, 1.807) is 12.1 Å². The molecular formula is C14H19BrN2O3. The number of primary amides is 1. The average molecular weight is 343 g/mol. The fraction of sp³-hybridized carbons (Fsp3) is 0.429. The van der Waals surface area contributed by atoms with Gasteiger partial charge in [-0.15, -0.1) is 0 Å². The lowest BCUT2D eigenvalue weighted by atomic mass is 9.99. The van der Waals surface area contributed by atoms with Crippen molar-refractivity contribution in [2.45, 2.75) is 32.4 Å². The summed E-state index contributed by atoms with van der Waals surface area (Å²) in [6, 6.07) is 5.25. The first kappa shape index (κ1) is 16.7. The molecule has 5 nitrogen and oxygen atoms in total. The summed E-state index contributed by atoms with van der Waals surface area (Å²) >= 11 is 3.42. The van der Waals surface area contributed by atoms with Gasteiger partial charge in [-0.1, -0.05) is 22.0 Å². The number of amides is 1. The molecule has 110 valence electrons. The van der Waals surface area contributed by atoms with E-state index in [1.165, 1.54) is 7.11 Å². The van der Waals surface area contributed by atoms with Crippen molar-refractivity contribution in [3.63, 3.8) is 0 Å². The van der Waals surface area contributed by atoms with Crippen molar-refractivity contribution >= 4 is 27.8 Å². The minimum atomic E-state index is -0.383. The number of carbonyl (C=O) groups is 2. The summed E-state index contributed by atoms with van der Waals surface area (Å²) in [5.74, 6) is -0.720. The average Bonchev–Trinajstić information content (AvgIpc) is 2.34. The number of hydrogen-bond acceptors (Lipinski definition) is 4. The van der Waals surface area contributed by atoms with Crippen molar-refractivity contribution < 1.29 is 14.3 Å². The second-order valence-corrected chi connectivity index (χ2v) is 6.03. The van der Waals surface area contributed by atoms with Crippen molar-refractivity contribution in [3.8, 4) is 0 Å². The van der Waals surface area contributed by atoms with E-state index >= 15 is 0 Å². The molecule has 0 aliphatic carbocycles. The lowest BCUT2D eigenvalue weighted by Crippen LogP contribution is -2.42. The Hall–Kier alpha value is -1.40. The number of methoxy groups -OCH3 is 1. The van der Waals surface area contributed by atoms with Crippen molar-refractivity contribution in [1.82, 2.24) is 5.32 Å². The van der Waals surface area contributed by atoms with Crippen LogP contribution in [0.4, 0.5) is 0 Å². The Morgan fingerprint density at radius 3 is 2.55 bits per heavy atom. The highest BCUT2D eigenvalue weighted by Gasteiger charge is 2.20. The third kappa shape index (κ3) is 4.94. The van der Waals surface area contributed by atoms with Crippen LogP contribution in [0.5, 0.6) is 0 Å². The Kier molecular flexibility index (Phi) is 5.71. The third-order valence-corrected chi connectivity index (χ3v) is 3.59. The standard InChI is InChI=1S/C14H19BrN2O3/c1-14(2,7-12(16)18)17-8-10-5-4-9(6-11(10)15)13(19)20-3/h4-6,17H,7-8H2,1-3H3,(H2,16,18). The molecule has 0 fully saturated rings. The highest BCUT2D eigenvalue weighted by atomic mass is 79.9. The maximum atomic E-state index is 11.4. The minimum Gasteiger partial charge on any atom is -0.465 e. The lowest BCUT2D eigenvalue weighted by Gasteiger charge is -2.25. The van der Waals surface area contributed by atoms with Gasteiger partial charge in [0.1, 0.15) is 0 Å².